The van der Waals surface area contributed by atoms with Crippen molar-refractivity contribution in [2.24, 2.45) is 0 Å². The highest BCUT2D eigenvalue weighted by Crippen LogP contribution is 2.17. The molecule has 1 aliphatic rings. The first-order chi connectivity index (χ1) is 10.2. The van der Waals surface area contributed by atoms with Crippen LogP contribution in [0.25, 0.3) is 0 Å². The van der Waals surface area contributed by atoms with Crippen LogP contribution in [0.15, 0.2) is 0 Å². The lowest BCUT2D eigenvalue weighted by Gasteiger charge is -2.23. The van der Waals surface area contributed by atoms with Crippen molar-refractivity contribution < 1.29 is 19.7 Å². The van der Waals surface area contributed by atoms with E-state index in [4.69, 9.17) is 9.47 Å². The topological polar surface area (TPSA) is 71.0 Å². The quantitative estimate of drug-likeness (QED) is 0.398. The van der Waals surface area contributed by atoms with Crippen molar-refractivity contribution in [1.29, 1.82) is 0 Å². The van der Waals surface area contributed by atoms with E-state index < -0.39 is 6.10 Å². The highest BCUT2D eigenvalue weighted by molar-refractivity contribution is 4.79. The minimum absolute atomic E-state index is 0.111. The SMILES string of the molecule is CCCCOCCOCC(O)CNC1CCCCCC1O. The van der Waals surface area contributed by atoms with Crippen LogP contribution in [0.1, 0.15) is 51.9 Å². The van der Waals surface area contributed by atoms with Gasteiger partial charge in [0.2, 0.25) is 0 Å². The molecule has 0 aromatic heterocycles. The number of nitrogens with one attached hydrogen (secondary N) is 1. The predicted octanol–water partition coefficient (Wildman–Crippen LogP) is 1.46. The number of aliphatic hydroxyl groups is 2. The van der Waals surface area contributed by atoms with Gasteiger partial charge in [0.15, 0.2) is 0 Å². The molecule has 21 heavy (non-hydrogen) atoms. The van der Waals surface area contributed by atoms with E-state index in [1.54, 1.807) is 0 Å². The Bertz CT molecular complexity index is 240. The molecule has 5 heteroatoms. The molecule has 1 fully saturated rings. The molecule has 0 aromatic rings. The lowest BCUT2D eigenvalue weighted by molar-refractivity contribution is 0.00120. The summed E-state index contributed by atoms with van der Waals surface area (Å²) in [6.45, 7) is 4.80. The second kappa shape index (κ2) is 12.4. The largest absolute Gasteiger partial charge is 0.392 e. The van der Waals surface area contributed by atoms with Gasteiger partial charge in [-0.3, -0.25) is 0 Å². The van der Waals surface area contributed by atoms with Crippen LogP contribution in [0, 0.1) is 0 Å². The maximum Gasteiger partial charge on any atom is 0.0897 e. The molecular weight excluding hydrogens is 270 g/mol. The Balaban J connectivity index is 1.98. The second-order valence-electron chi connectivity index (χ2n) is 5.91. The Hall–Kier alpha value is -0.200. The first-order valence-corrected chi connectivity index (χ1v) is 8.49. The third-order valence-electron chi connectivity index (χ3n) is 3.92. The lowest BCUT2D eigenvalue weighted by Crippen LogP contribution is -2.43. The molecule has 3 unspecified atom stereocenters. The zero-order valence-electron chi connectivity index (χ0n) is 13.4. The zero-order valence-corrected chi connectivity index (χ0v) is 13.4. The van der Waals surface area contributed by atoms with Gasteiger partial charge in [0.25, 0.3) is 0 Å². The highest BCUT2D eigenvalue weighted by Gasteiger charge is 2.21. The van der Waals surface area contributed by atoms with E-state index >= 15 is 0 Å². The fourth-order valence-electron chi connectivity index (χ4n) is 2.56. The maximum atomic E-state index is 9.99. The van der Waals surface area contributed by atoms with E-state index in [0.717, 1.165) is 45.1 Å². The van der Waals surface area contributed by atoms with Gasteiger partial charge in [-0.25, -0.2) is 0 Å². The standard InChI is InChI=1S/C16H33NO4/c1-2-3-9-20-10-11-21-13-14(18)12-17-15-7-5-4-6-8-16(15)19/h14-19H,2-13H2,1H3. The molecule has 0 radical (unpaired) electrons. The molecule has 1 rings (SSSR count). The van der Waals surface area contributed by atoms with Crippen LogP contribution in [0.2, 0.25) is 0 Å². The van der Waals surface area contributed by atoms with E-state index in [1.165, 1.54) is 6.42 Å². The summed E-state index contributed by atoms with van der Waals surface area (Å²) < 4.78 is 10.8. The van der Waals surface area contributed by atoms with Gasteiger partial charge in [0.1, 0.15) is 0 Å². The summed E-state index contributed by atoms with van der Waals surface area (Å²) in [5.41, 5.74) is 0. The Morgan fingerprint density at radius 3 is 2.67 bits per heavy atom. The normalized spacial score (nSPS) is 24.7. The van der Waals surface area contributed by atoms with Crippen LogP contribution < -0.4 is 5.32 Å². The van der Waals surface area contributed by atoms with E-state index in [2.05, 4.69) is 12.2 Å². The Labute approximate surface area is 129 Å². The number of hydrogen-bond donors (Lipinski definition) is 3. The minimum Gasteiger partial charge on any atom is -0.392 e. The molecule has 3 atom stereocenters. The van der Waals surface area contributed by atoms with Crippen molar-refractivity contribution in [2.45, 2.75) is 70.1 Å². The van der Waals surface area contributed by atoms with Crippen molar-refractivity contribution >= 4 is 0 Å². The van der Waals surface area contributed by atoms with Crippen molar-refractivity contribution in [3.8, 4) is 0 Å². The van der Waals surface area contributed by atoms with Crippen molar-refractivity contribution in [1.82, 2.24) is 5.32 Å². The molecule has 0 saturated heterocycles. The molecule has 1 aliphatic carbocycles. The number of unbranched alkanes of at least 4 members (excludes halogenated alkanes) is 1. The Morgan fingerprint density at radius 1 is 1.10 bits per heavy atom. The average Bonchev–Trinajstić information content (AvgIpc) is 2.68. The second-order valence-corrected chi connectivity index (χ2v) is 5.91. The highest BCUT2D eigenvalue weighted by atomic mass is 16.5. The van der Waals surface area contributed by atoms with Crippen LogP contribution in [0.5, 0.6) is 0 Å². The van der Waals surface area contributed by atoms with Gasteiger partial charge in [-0.2, -0.15) is 0 Å². The van der Waals surface area contributed by atoms with Crippen molar-refractivity contribution in [2.75, 3.05) is 33.0 Å². The first-order valence-electron chi connectivity index (χ1n) is 8.49. The molecule has 0 heterocycles. The molecule has 5 nitrogen and oxygen atoms in total. The summed E-state index contributed by atoms with van der Waals surface area (Å²) in [6, 6.07) is 0.111. The molecular formula is C16H33NO4. The minimum atomic E-state index is -0.531. The van der Waals surface area contributed by atoms with Gasteiger partial charge < -0.3 is 25.0 Å². The number of rotatable bonds is 11. The Morgan fingerprint density at radius 2 is 1.86 bits per heavy atom. The van der Waals surface area contributed by atoms with Gasteiger partial charge in [-0.05, 0) is 19.3 Å². The average molecular weight is 303 g/mol. The summed E-state index contributed by atoms with van der Waals surface area (Å²) in [5, 5.41) is 23.1. The van der Waals surface area contributed by atoms with E-state index in [0.29, 0.717) is 26.4 Å². The molecule has 3 N–H and O–H groups in total. The van der Waals surface area contributed by atoms with Gasteiger partial charge in [-0.1, -0.05) is 32.6 Å². The van der Waals surface area contributed by atoms with Crippen molar-refractivity contribution in [3.63, 3.8) is 0 Å². The maximum absolute atomic E-state index is 9.99. The van der Waals surface area contributed by atoms with Crippen LogP contribution >= 0.6 is 0 Å². The summed E-state index contributed by atoms with van der Waals surface area (Å²) in [6.07, 6.45) is 6.69. The number of hydrogen-bond acceptors (Lipinski definition) is 5. The fraction of sp³-hybridized carbons (Fsp3) is 1.00. The third-order valence-corrected chi connectivity index (χ3v) is 3.92. The predicted molar refractivity (Wildman–Crippen MR) is 83.4 cm³/mol. The molecule has 0 bridgehead atoms. The molecule has 0 aromatic carbocycles. The van der Waals surface area contributed by atoms with Gasteiger partial charge >= 0.3 is 0 Å². The summed E-state index contributed by atoms with van der Waals surface area (Å²) in [7, 11) is 0. The van der Waals surface area contributed by atoms with Crippen LogP contribution in [0.4, 0.5) is 0 Å². The van der Waals surface area contributed by atoms with Gasteiger partial charge in [0.05, 0.1) is 32.0 Å². The van der Waals surface area contributed by atoms with Crippen LogP contribution in [-0.4, -0.2) is 61.4 Å². The van der Waals surface area contributed by atoms with Crippen LogP contribution in [-0.2, 0) is 9.47 Å². The van der Waals surface area contributed by atoms with Crippen LogP contribution in [0.3, 0.4) is 0 Å². The number of ether oxygens (including phenoxy) is 2. The van der Waals surface area contributed by atoms with E-state index in [1.807, 2.05) is 0 Å². The van der Waals surface area contributed by atoms with Gasteiger partial charge in [-0.15, -0.1) is 0 Å². The first kappa shape index (κ1) is 18.8. The summed E-state index contributed by atoms with van der Waals surface area (Å²) in [4.78, 5) is 0. The molecule has 1 saturated carbocycles. The summed E-state index contributed by atoms with van der Waals surface area (Å²) >= 11 is 0. The smallest absolute Gasteiger partial charge is 0.0897 e. The molecule has 0 aliphatic heterocycles. The summed E-state index contributed by atoms with van der Waals surface area (Å²) in [5.74, 6) is 0. The van der Waals surface area contributed by atoms with Gasteiger partial charge in [0, 0.05) is 19.2 Å². The Kier molecular flexibility index (Phi) is 11.1. The van der Waals surface area contributed by atoms with Crippen molar-refractivity contribution in [3.05, 3.63) is 0 Å². The van der Waals surface area contributed by atoms with E-state index in [-0.39, 0.29) is 12.1 Å². The third kappa shape index (κ3) is 9.42. The molecule has 0 spiro atoms. The number of aliphatic hydroxyl groups excluding tert-OH is 2. The fourth-order valence-corrected chi connectivity index (χ4v) is 2.56. The molecule has 0 amide bonds. The van der Waals surface area contributed by atoms with E-state index in [9.17, 15) is 10.2 Å². The monoisotopic (exact) mass is 303 g/mol. The zero-order chi connectivity index (χ0) is 15.3. The molecule has 126 valence electrons. The lowest BCUT2D eigenvalue weighted by atomic mass is 10.1.